The van der Waals surface area contributed by atoms with Crippen molar-refractivity contribution in [2.45, 2.75) is 29.4 Å². The number of aromatic nitrogens is 1. The molecule has 98 valence electrons. The number of nitrogens with two attached hydrogens (primary N) is 1. The van der Waals surface area contributed by atoms with E-state index in [0.717, 1.165) is 0 Å². The highest BCUT2D eigenvalue weighted by molar-refractivity contribution is 7.99. The van der Waals surface area contributed by atoms with Gasteiger partial charge in [0, 0.05) is 29.1 Å². The smallest absolute Gasteiger partial charge is 0.0482 e. The monoisotopic (exact) mass is 270 g/mol. The molecule has 2 nitrogen and oxygen atoms in total. The first-order valence-corrected chi connectivity index (χ1v) is 7.63. The van der Waals surface area contributed by atoms with E-state index in [1.165, 1.54) is 40.8 Å². The molecule has 0 radical (unpaired) electrons. The maximum Gasteiger partial charge on any atom is 0.0482 e. The van der Waals surface area contributed by atoms with Gasteiger partial charge in [-0.05, 0) is 54.2 Å². The zero-order valence-electron chi connectivity index (χ0n) is 10.9. The highest BCUT2D eigenvalue weighted by Crippen LogP contribution is 2.36. The number of hydrogen-bond acceptors (Lipinski definition) is 3. The highest BCUT2D eigenvalue weighted by atomic mass is 32.2. The van der Waals surface area contributed by atoms with E-state index in [-0.39, 0.29) is 5.25 Å². The molecule has 1 aromatic carbocycles. The maximum absolute atomic E-state index is 5.92. The van der Waals surface area contributed by atoms with Crippen molar-refractivity contribution in [2.24, 2.45) is 5.73 Å². The predicted octanol–water partition coefficient (Wildman–Crippen LogP) is 3.36. The Bertz CT molecular complexity index is 554. The number of pyridine rings is 1. The molecular weight excluding hydrogens is 252 g/mol. The lowest BCUT2D eigenvalue weighted by Gasteiger charge is -2.15. The fourth-order valence-electron chi connectivity index (χ4n) is 2.60. The zero-order chi connectivity index (χ0) is 13.1. The average molecular weight is 270 g/mol. The van der Waals surface area contributed by atoms with Gasteiger partial charge in [-0.2, -0.15) is 0 Å². The first-order valence-electron chi connectivity index (χ1n) is 6.75. The van der Waals surface area contributed by atoms with Crippen LogP contribution in [0.5, 0.6) is 0 Å². The molecule has 2 aromatic rings. The molecule has 0 fully saturated rings. The fourth-order valence-corrected chi connectivity index (χ4v) is 3.66. The van der Waals surface area contributed by atoms with Crippen molar-refractivity contribution < 1.29 is 0 Å². The Hall–Kier alpha value is -1.32. The van der Waals surface area contributed by atoms with Gasteiger partial charge in [-0.25, -0.2) is 0 Å². The number of benzene rings is 1. The van der Waals surface area contributed by atoms with E-state index >= 15 is 0 Å². The van der Waals surface area contributed by atoms with Crippen LogP contribution in [0.2, 0.25) is 0 Å². The molecule has 19 heavy (non-hydrogen) atoms. The van der Waals surface area contributed by atoms with Crippen LogP contribution in [0.4, 0.5) is 0 Å². The van der Waals surface area contributed by atoms with E-state index in [1.54, 1.807) is 6.20 Å². The summed E-state index contributed by atoms with van der Waals surface area (Å²) in [6.07, 6.45) is 7.48. The van der Waals surface area contributed by atoms with Gasteiger partial charge in [0.15, 0.2) is 0 Å². The Morgan fingerprint density at radius 3 is 2.89 bits per heavy atom. The molecule has 1 unspecified atom stereocenters. The molecule has 1 aromatic heterocycles. The Morgan fingerprint density at radius 2 is 2.11 bits per heavy atom. The molecule has 1 heterocycles. The van der Waals surface area contributed by atoms with Crippen molar-refractivity contribution in [1.82, 2.24) is 4.98 Å². The number of rotatable bonds is 4. The Balaban J connectivity index is 1.80. The second-order valence-corrected chi connectivity index (χ2v) is 6.19. The second kappa shape index (κ2) is 5.76. The molecule has 0 aliphatic heterocycles. The summed E-state index contributed by atoms with van der Waals surface area (Å²) in [5, 5.41) is 0.285. The van der Waals surface area contributed by atoms with Gasteiger partial charge in [-0.3, -0.25) is 4.98 Å². The van der Waals surface area contributed by atoms with Gasteiger partial charge in [-0.15, -0.1) is 11.8 Å². The zero-order valence-corrected chi connectivity index (χ0v) is 11.7. The van der Waals surface area contributed by atoms with E-state index in [9.17, 15) is 0 Å². The Morgan fingerprint density at radius 1 is 1.21 bits per heavy atom. The van der Waals surface area contributed by atoms with Crippen LogP contribution in [0, 0.1) is 0 Å². The third-order valence-corrected chi connectivity index (χ3v) is 4.89. The first kappa shape index (κ1) is 12.7. The SMILES string of the molecule is NCC(Sc1ccc2c(c1)CCC2)c1cccnc1. The normalized spacial score (nSPS) is 15.2. The van der Waals surface area contributed by atoms with Crippen molar-refractivity contribution in [2.75, 3.05) is 6.54 Å². The number of aryl methyl sites for hydroxylation is 2. The quantitative estimate of drug-likeness (QED) is 0.866. The molecule has 0 spiro atoms. The van der Waals surface area contributed by atoms with Crippen LogP contribution in [-0.4, -0.2) is 11.5 Å². The van der Waals surface area contributed by atoms with Crippen molar-refractivity contribution in [3.8, 4) is 0 Å². The summed E-state index contributed by atoms with van der Waals surface area (Å²) in [5.41, 5.74) is 10.2. The van der Waals surface area contributed by atoms with Crippen LogP contribution in [0.25, 0.3) is 0 Å². The number of nitrogens with zero attached hydrogens (tertiary/aromatic N) is 1. The minimum Gasteiger partial charge on any atom is -0.329 e. The van der Waals surface area contributed by atoms with Crippen molar-refractivity contribution >= 4 is 11.8 Å². The molecule has 1 aliphatic rings. The Labute approximate surface area is 118 Å². The minimum atomic E-state index is 0.285. The Kier molecular flexibility index (Phi) is 3.85. The predicted molar refractivity (Wildman–Crippen MR) is 80.4 cm³/mol. The first-order chi connectivity index (χ1) is 9.36. The summed E-state index contributed by atoms with van der Waals surface area (Å²) in [6.45, 7) is 0.632. The third-order valence-electron chi connectivity index (χ3n) is 3.62. The summed E-state index contributed by atoms with van der Waals surface area (Å²) in [6, 6.07) is 10.9. The van der Waals surface area contributed by atoms with Gasteiger partial charge in [0.05, 0.1) is 0 Å². The van der Waals surface area contributed by atoms with Crippen LogP contribution in [-0.2, 0) is 12.8 Å². The topological polar surface area (TPSA) is 38.9 Å². The van der Waals surface area contributed by atoms with Crippen molar-refractivity contribution in [3.05, 3.63) is 59.4 Å². The highest BCUT2D eigenvalue weighted by Gasteiger charge is 2.15. The maximum atomic E-state index is 5.92. The number of hydrogen-bond donors (Lipinski definition) is 1. The average Bonchev–Trinajstić information content (AvgIpc) is 2.93. The summed E-state index contributed by atoms with van der Waals surface area (Å²) in [4.78, 5) is 5.50. The van der Waals surface area contributed by atoms with Gasteiger partial charge in [-0.1, -0.05) is 12.1 Å². The van der Waals surface area contributed by atoms with Crippen LogP contribution in [0.1, 0.15) is 28.4 Å². The van der Waals surface area contributed by atoms with Crippen LogP contribution >= 0.6 is 11.8 Å². The molecular formula is C16H18N2S. The van der Waals surface area contributed by atoms with Gasteiger partial charge in [0.25, 0.3) is 0 Å². The van der Waals surface area contributed by atoms with Gasteiger partial charge < -0.3 is 5.73 Å². The van der Waals surface area contributed by atoms with Crippen LogP contribution in [0.3, 0.4) is 0 Å². The molecule has 0 saturated carbocycles. The van der Waals surface area contributed by atoms with E-state index in [4.69, 9.17) is 5.73 Å². The van der Waals surface area contributed by atoms with Crippen LogP contribution in [0.15, 0.2) is 47.6 Å². The molecule has 1 aliphatic carbocycles. The fraction of sp³-hybridized carbons (Fsp3) is 0.312. The number of thioether (sulfide) groups is 1. The van der Waals surface area contributed by atoms with E-state index < -0.39 is 0 Å². The molecule has 1 atom stereocenters. The lowest BCUT2D eigenvalue weighted by molar-refractivity contribution is 0.911. The molecule has 3 heteroatoms. The van der Waals surface area contributed by atoms with Crippen molar-refractivity contribution in [3.63, 3.8) is 0 Å². The molecule has 3 rings (SSSR count). The van der Waals surface area contributed by atoms with Crippen LogP contribution < -0.4 is 5.73 Å². The largest absolute Gasteiger partial charge is 0.329 e. The lowest BCUT2D eigenvalue weighted by atomic mass is 10.1. The van der Waals surface area contributed by atoms with E-state index in [0.29, 0.717) is 6.54 Å². The summed E-state index contributed by atoms with van der Waals surface area (Å²) in [7, 11) is 0. The van der Waals surface area contributed by atoms with Gasteiger partial charge in [0.1, 0.15) is 0 Å². The van der Waals surface area contributed by atoms with Crippen molar-refractivity contribution in [1.29, 1.82) is 0 Å². The second-order valence-electron chi connectivity index (χ2n) is 4.91. The molecule has 0 saturated heterocycles. The van der Waals surface area contributed by atoms with E-state index in [2.05, 4.69) is 29.2 Å². The molecule has 2 N–H and O–H groups in total. The lowest BCUT2D eigenvalue weighted by Crippen LogP contribution is -2.09. The summed E-state index contributed by atoms with van der Waals surface area (Å²) < 4.78 is 0. The van der Waals surface area contributed by atoms with E-state index in [1.807, 2.05) is 24.0 Å². The molecule has 0 bridgehead atoms. The minimum absolute atomic E-state index is 0.285. The van der Waals surface area contributed by atoms with Gasteiger partial charge >= 0.3 is 0 Å². The third kappa shape index (κ3) is 2.82. The molecule has 0 amide bonds. The summed E-state index contributed by atoms with van der Waals surface area (Å²) >= 11 is 1.84. The summed E-state index contributed by atoms with van der Waals surface area (Å²) in [5.74, 6) is 0. The standard InChI is InChI=1S/C16H18N2S/c17-10-16(14-5-2-8-18-11-14)19-15-7-6-12-3-1-4-13(12)9-15/h2,5-9,11,16H,1,3-4,10,17H2. The number of fused-ring (bicyclic) bond motifs is 1. The van der Waals surface area contributed by atoms with Gasteiger partial charge in [0.2, 0.25) is 0 Å².